The molecule has 0 saturated carbocycles. The number of aromatic nitrogens is 3. The van der Waals surface area contributed by atoms with Crippen LogP contribution in [0.25, 0.3) is 10.8 Å². The second-order valence-corrected chi connectivity index (χ2v) is 8.94. The number of ether oxygens (including phenoxy) is 1. The number of thioether (sulfide) groups is 1. The zero-order chi connectivity index (χ0) is 21.6. The highest BCUT2D eigenvalue weighted by Crippen LogP contribution is 2.26. The number of hydrogen-bond acceptors (Lipinski definition) is 5. The van der Waals surface area contributed by atoms with Gasteiger partial charge in [0.2, 0.25) is 5.91 Å². The maximum atomic E-state index is 12.3. The summed E-state index contributed by atoms with van der Waals surface area (Å²) in [5.74, 6) is 1.73. The molecule has 0 saturated heterocycles. The highest BCUT2D eigenvalue weighted by atomic mass is 127. The SMILES string of the molecule is CCn1c(COc2cccc3ccccc23)nnc1SCC(=O)Nc1ccc(I)cc1. The molecule has 1 aromatic heterocycles. The molecule has 31 heavy (non-hydrogen) atoms. The molecule has 0 bridgehead atoms. The second kappa shape index (κ2) is 10.1. The predicted octanol–water partition coefficient (Wildman–Crippen LogP) is 5.37. The standard InChI is InChI=1S/C23H21IN4O2S/c1-2-28-21(14-30-20-9-5-7-16-6-3-4-8-19(16)20)26-27-23(28)31-15-22(29)25-18-12-10-17(24)11-13-18/h3-13H,2,14-15H2,1H3,(H,25,29). The molecule has 0 unspecified atom stereocenters. The first kappa shape index (κ1) is 21.6. The molecule has 0 radical (unpaired) electrons. The summed E-state index contributed by atoms with van der Waals surface area (Å²) in [7, 11) is 0. The lowest BCUT2D eigenvalue weighted by molar-refractivity contribution is -0.113. The van der Waals surface area contributed by atoms with E-state index >= 15 is 0 Å². The first-order valence-corrected chi connectivity index (χ1v) is 11.9. The topological polar surface area (TPSA) is 69.0 Å². The number of halogens is 1. The van der Waals surface area contributed by atoms with E-state index in [0.29, 0.717) is 18.3 Å². The smallest absolute Gasteiger partial charge is 0.234 e. The van der Waals surface area contributed by atoms with Crippen molar-refractivity contribution >= 4 is 56.7 Å². The quantitative estimate of drug-likeness (QED) is 0.239. The molecule has 8 heteroatoms. The lowest BCUT2D eigenvalue weighted by Crippen LogP contribution is -2.15. The van der Waals surface area contributed by atoms with Crippen LogP contribution in [0, 0.1) is 3.57 Å². The summed E-state index contributed by atoms with van der Waals surface area (Å²) in [5.41, 5.74) is 0.784. The molecule has 0 spiro atoms. The Labute approximate surface area is 198 Å². The predicted molar refractivity (Wildman–Crippen MR) is 132 cm³/mol. The average molecular weight is 544 g/mol. The van der Waals surface area contributed by atoms with Crippen molar-refractivity contribution < 1.29 is 9.53 Å². The summed E-state index contributed by atoms with van der Waals surface area (Å²) in [4.78, 5) is 12.3. The van der Waals surface area contributed by atoms with Gasteiger partial charge >= 0.3 is 0 Å². The Hall–Kier alpha value is -2.59. The Bertz CT molecular complexity index is 1190. The molecule has 0 aliphatic carbocycles. The van der Waals surface area contributed by atoms with Crippen LogP contribution in [0.1, 0.15) is 12.7 Å². The van der Waals surface area contributed by atoms with E-state index in [1.165, 1.54) is 11.8 Å². The van der Waals surface area contributed by atoms with Crippen molar-refractivity contribution in [1.29, 1.82) is 0 Å². The summed E-state index contributed by atoms with van der Waals surface area (Å²) in [6, 6.07) is 21.8. The Morgan fingerprint density at radius 1 is 1.06 bits per heavy atom. The van der Waals surface area contributed by atoms with E-state index < -0.39 is 0 Å². The normalized spacial score (nSPS) is 10.9. The minimum Gasteiger partial charge on any atom is -0.485 e. The molecule has 4 aromatic rings. The molecule has 4 rings (SSSR count). The van der Waals surface area contributed by atoms with Crippen molar-refractivity contribution in [2.24, 2.45) is 0 Å². The second-order valence-electron chi connectivity index (χ2n) is 6.75. The van der Waals surface area contributed by atoms with Crippen LogP contribution in [0.2, 0.25) is 0 Å². The number of carbonyl (C=O) groups is 1. The number of fused-ring (bicyclic) bond motifs is 1. The summed E-state index contributed by atoms with van der Waals surface area (Å²) in [6.45, 7) is 3.03. The number of nitrogens with zero attached hydrogens (tertiary/aromatic N) is 3. The van der Waals surface area contributed by atoms with E-state index in [-0.39, 0.29) is 11.7 Å². The molecule has 3 aromatic carbocycles. The van der Waals surface area contributed by atoms with Crippen molar-refractivity contribution in [3.05, 3.63) is 76.1 Å². The maximum Gasteiger partial charge on any atom is 0.234 e. The van der Waals surface area contributed by atoms with Gasteiger partial charge in [-0.2, -0.15) is 0 Å². The number of rotatable bonds is 8. The summed E-state index contributed by atoms with van der Waals surface area (Å²) in [6.07, 6.45) is 0. The van der Waals surface area contributed by atoms with E-state index in [1.54, 1.807) is 0 Å². The van der Waals surface area contributed by atoms with Crippen LogP contribution in [-0.2, 0) is 17.9 Å². The van der Waals surface area contributed by atoms with Crippen LogP contribution in [0.3, 0.4) is 0 Å². The molecule has 6 nitrogen and oxygen atoms in total. The summed E-state index contributed by atoms with van der Waals surface area (Å²) in [5, 5.41) is 14.4. The third kappa shape index (κ3) is 5.37. The first-order chi connectivity index (χ1) is 15.1. The van der Waals surface area contributed by atoms with Gasteiger partial charge in [0.05, 0.1) is 5.75 Å². The fraction of sp³-hybridized carbons (Fsp3) is 0.174. The van der Waals surface area contributed by atoms with Gasteiger partial charge in [0.1, 0.15) is 12.4 Å². The van der Waals surface area contributed by atoms with Crippen molar-refractivity contribution in [2.45, 2.75) is 25.2 Å². The van der Waals surface area contributed by atoms with Crippen LogP contribution in [0.15, 0.2) is 71.9 Å². The minimum atomic E-state index is -0.0783. The fourth-order valence-corrected chi connectivity index (χ4v) is 4.36. The maximum absolute atomic E-state index is 12.3. The molecule has 0 aliphatic rings. The highest BCUT2D eigenvalue weighted by molar-refractivity contribution is 14.1. The molecule has 1 amide bonds. The number of carbonyl (C=O) groups excluding carboxylic acids is 1. The van der Waals surface area contributed by atoms with Gasteiger partial charge in [-0.1, -0.05) is 48.2 Å². The Kier molecular flexibility index (Phi) is 7.08. The number of anilines is 1. The van der Waals surface area contributed by atoms with Crippen LogP contribution in [-0.4, -0.2) is 26.4 Å². The van der Waals surface area contributed by atoms with Crippen molar-refractivity contribution in [3.8, 4) is 5.75 Å². The monoisotopic (exact) mass is 544 g/mol. The third-order valence-electron chi connectivity index (χ3n) is 4.68. The van der Waals surface area contributed by atoms with Crippen molar-refractivity contribution in [1.82, 2.24) is 14.8 Å². The Balaban J connectivity index is 1.39. The molecule has 0 atom stereocenters. The largest absolute Gasteiger partial charge is 0.485 e. The van der Waals surface area contributed by atoms with E-state index in [2.05, 4.69) is 50.2 Å². The van der Waals surface area contributed by atoms with Gasteiger partial charge in [0, 0.05) is 21.2 Å². The Morgan fingerprint density at radius 2 is 1.84 bits per heavy atom. The number of hydrogen-bond donors (Lipinski definition) is 1. The molecule has 1 N–H and O–H groups in total. The van der Waals surface area contributed by atoms with E-state index in [0.717, 1.165) is 31.6 Å². The van der Waals surface area contributed by atoms with Crippen LogP contribution in [0.4, 0.5) is 5.69 Å². The van der Waals surface area contributed by atoms with Crippen molar-refractivity contribution in [2.75, 3.05) is 11.1 Å². The van der Waals surface area contributed by atoms with Gasteiger partial charge in [0.15, 0.2) is 11.0 Å². The first-order valence-electron chi connectivity index (χ1n) is 9.85. The molecule has 0 aliphatic heterocycles. The number of benzene rings is 3. The lowest BCUT2D eigenvalue weighted by Gasteiger charge is -2.11. The van der Waals surface area contributed by atoms with Crippen LogP contribution >= 0.6 is 34.4 Å². The molecule has 158 valence electrons. The fourth-order valence-electron chi connectivity index (χ4n) is 3.17. The molecule has 1 heterocycles. The lowest BCUT2D eigenvalue weighted by atomic mass is 10.1. The minimum absolute atomic E-state index is 0.0783. The van der Waals surface area contributed by atoms with E-state index in [4.69, 9.17) is 4.74 Å². The Morgan fingerprint density at radius 3 is 2.65 bits per heavy atom. The van der Waals surface area contributed by atoms with Gasteiger partial charge in [0.25, 0.3) is 0 Å². The van der Waals surface area contributed by atoms with Gasteiger partial charge in [-0.3, -0.25) is 4.79 Å². The van der Waals surface area contributed by atoms with Gasteiger partial charge in [-0.05, 0) is 65.2 Å². The molecular weight excluding hydrogens is 523 g/mol. The third-order valence-corrected chi connectivity index (χ3v) is 6.36. The zero-order valence-corrected chi connectivity index (χ0v) is 19.9. The van der Waals surface area contributed by atoms with E-state index in [9.17, 15) is 4.79 Å². The number of nitrogens with one attached hydrogen (secondary N) is 1. The van der Waals surface area contributed by atoms with Gasteiger partial charge in [-0.15, -0.1) is 10.2 Å². The number of amides is 1. The average Bonchev–Trinajstić information content (AvgIpc) is 3.19. The van der Waals surface area contributed by atoms with Crippen molar-refractivity contribution in [3.63, 3.8) is 0 Å². The molecular formula is C23H21IN4O2S. The zero-order valence-electron chi connectivity index (χ0n) is 16.9. The van der Waals surface area contributed by atoms with Gasteiger partial charge in [-0.25, -0.2) is 0 Å². The van der Waals surface area contributed by atoms with Gasteiger partial charge < -0.3 is 14.6 Å². The van der Waals surface area contributed by atoms with E-state index in [1.807, 2.05) is 66.1 Å². The van der Waals surface area contributed by atoms with Crippen LogP contribution < -0.4 is 10.1 Å². The summed E-state index contributed by atoms with van der Waals surface area (Å²) < 4.78 is 9.17. The summed E-state index contributed by atoms with van der Waals surface area (Å²) >= 11 is 3.60. The highest BCUT2D eigenvalue weighted by Gasteiger charge is 2.14. The molecule has 0 fully saturated rings. The van der Waals surface area contributed by atoms with Crippen LogP contribution in [0.5, 0.6) is 5.75 Å².